The van der Waals surface area contributed by atoms with Crippen LogP contribution in [0.3, 0.4) is 0 Å². The van der Waals surface area contributed by atoms with E-state index < -0.39 is 0 Å². The molecule has 0 spiro atoms. The molecule has 3 nitrogen and oxygen atoms in total. The number of rotatable bonds is 6. The molecule has 166 valence electrons. The van der Waals surface area contributed by atoms with Crippen molar-refractivity contribution in [3.8, 4) is 0 Å². The number of aryl methyl sites for hydroxylation is 1. The van der Waals surface area contributed by atoms with Crippen molar-refractivity contribution in [2.75, 3.05) is 18.4 Å². The average molecular weight is 449 g/mol. The van der Waals surface area contributed by atoms with Gasteiger partial charge in [0.25, 0.3) is 5.91 Å². The van der Waals surface area contributed by atoms with Crippen molar-refractivity contribution in [2.24, 2.45) is 5.92 Å². The lowest BCUT2D eigenvalue weighted by molar-refractivity contribution is 0.102. The SMILES string of the molecule is O=C(Nc1sc2c(c1CN1CCC(Cc3ccccc3)CC1)CCC2)c1ccc(F)cc1. The van der Waals surface area contributed by atoms with E-state index in [0.717, 1.165) is 43.4 Å². The number of hydrogen-bond acceptors (Lipinski definition) is 3. The first-order valence-corrected chi connectivity index (χ1v) is 12.4. The molecule has 2 aliphatic rings. The Labute approximate surface area is 193 Å². The summed E-state index contributed by atoms with van der Waals surface area (Å²) in [5.74, 6) is 0.264. The Morgan fingerprint density at radius 3 is 2.53 bits per heavy atom. The smallest absolute Gasteiger partial charge is 0.256 e. The summed E-state index contributed by atoms with van der Waals surface area (Å²) >= 11 is 1.73. The number of thiophene rings is 1. The number of likely N-dealkylation sites (tertiary alicyclic amines) is 1. The Hall–Kier alpha value is -2.50. The third kappa shape index (κ3) is 4.79. The van der Waals surface area contributed by atoms with Crippen LogP contribution in [-0.2, 0) is 25.8 Å². The van der Waals surface area contributed by atoms with E-state index in [4.69, 9.17) is 0 Å². The van der Waals surface area contributed by atoms with Gasteiger partial charge in [0, 0.05) is 22.5 Å². The van der Waals surface area contributed by atoms with E-state index in [2.05, 4.69) is 40.5 Å². The van der Waals surface area contributed by atoms with E-state index in [1.165, 1.54) is 59.4 Å². The van der Waals surface area contributed by atoms with Gasteiger partial charge >= 0.3 is 0 Å². The van der Waals surface area contributed by atoms with Crippen molar-refractivity contribution < 1.29 is 9.18 Å². The number of nitrogens with one attached hydrogen (secondary N) is 1. The highest BCUT2D eigenvalue weighted by Gasteiger charge is 2.26. The molecule has 2 aromatic carbocycles. The monoisotopic (exact) mass is 448 g/mol. The number of halogens is 1. The van der Waals surface area contributed by atoms with Gasteiger partial charge in [-0.2, -0.15) is 0 Å². The molecule has 32 heavy (non-hydrogen) atoms. The highest BCUT2D eigenvalue weighted by atomic mass is 32.1. The molecular formula is C27H29FN2OS. The number of carbonyl (C=O) groups excluding carboxylic acids is 1. The molecule has 2 heterocycles. The Morgan fingerprint density at radius 1 is 1.03 bits per heavy atom. The van der Waals surface area contributed by atoms with Crippen molar-refractivity contribution in [1.29, 1.82) is 0 Å². The number of nitrogens with zero attached hydrogens (tertiary/aromatic N) is 1. The molecule has 1 amide bonds. The number of amides is 1. The Balaban J connectivity index is 1.25. The summed E-state index contributed by atoms with van der Waals surface area (Å²) in [6.45, 7) is 3.11. The summed E-state index contributed by atoms with van der Waals surface area (Å²) in [4.78, 5) is 16.7. The molecule has 1 N–H and O–H groups in total. The molecular weight excluding hydrogens is 419 g/mol. The first kappa shape index (κ1) is 21.4. The van der Waals surface area contributed by atoms with Crippen molar-refractivity contribution >= 4 is 22.2 Å². The zero-order valence-corrected chi connectivity index (χ0v) is 19.1. The van der Waals surface area contributed by atoms with Gasteiger partial charge in [0.2, 0.25) is 0 Å². The molecule has 0 unspecified atom stereocenters. The van der Waals surface area contributed by atoms with Crippen LogP contribution in [0.1, 0.15) is 51.2 Å². The van der Waals surface area contributed by atoms with Gasteiger partial charge in [-0.25, -0.2) is 4.39 Å². The largest absolute Gasteiger partial charge is 0.313 e. The summed E-state index contributed by atoms with van der Waals surface area (Å²) in [6, 6.07) is 16.6. The van der Waals surface area contributed by atoms with E-state index in [0.29, 0.717) is 5.56 Å². The van der Waals surface area contributed by atoms with Crippen LogP contribution < -0.4 is 5.32 Å². The minimum absolute atomic E-state index is 0.159. The first-order valence-electron chi connectivity index (χ1n) is 11.6. The zero-order valence-electron chi connectivity index (χ0n) is 18.3. The van der Waals surface area contributed by atoms with E-state index in [1.54, 1.807) is 23.5 Å². The summed E-state index contributed by atoms with van der Waals surface area (Å²) in [7, 11) is 0. The molecule has 0 radical (unpaired) electrons. The first-order chi connectivity index (χ1) is 15.7. The number of anilines is 1. The van der Waals surface area contributed by atoms with Gasteiger partial charge in [-0.3, -0.25) is 9.69 Å². The molecule has 3 aromatic rings. The van der Waals surface area contributed by atoms with Crippen molar-refractivity contribution in [1.82, 2.24) is 4.90 Å². The van der Waals surface area contributed by atoms with Gasteiger partial charge in [-0.1, -0.05) is 30.3 Å². The summed E-state index contributed by atoms with van der Waals surface area (Å²) < 4.78 is 13.2. The maximum absolute atomic E-state index is 13.2. The Kier molecular flexibility index (Phi) is 6.37. The van der Waals surface area contributed by atoms with E-state index in [-0.39, 0.29) is 11.7 Å². The number of hydrogen-bond donors (Lipinski definition) is 1. The van der Waals surface area contributed by atoms with Crippen LogP contribution in [0, 0.1) is 11.7 Å². The molecule has 1 aromatic heterocycles. The van der Waals surface area contributed by atoms with Crippen LogP contribution in [0.5, 0.6) is 0 Å². The lowest BCUT2D eigenvalue weighted by atomic mass is 9.90. The fraction of sp³-hybridized carbons (Fsp3) is 0.370. The molecule has 0 bridgehead atoms. The summed E-state index contributed by atoms with van der Waals surface area (Å²) in [5.41, 5.74) is 4.69. The molecule has 0 atom stereocenters. The topological polar surface area (TPSA) is 32.3 Å². The van der Waals surface area contributed by atoms with Crippen LogP contribution in [0.25, 0.3) is 0 Å². The normalized spacial score (nSPS) is 16.8. The van der Waals surface area contributed by atoms with Crippen LogP contribution in [0.15, 0.2) is 54.6 Å². The van der Waals surface area contributed by atoms with Crippen LogP contribution in [0.2, 0.25) is 0 Å². The minimum atomic E-state index is -0.326. The predicted octanol–water partition coefficient (Wildman–Crippen LogP) is 6.08. The number of benzene rings is 2. The fourth-order valence-electron chi connectivity index (χ4n) is 5.03. The van der Waals surface area contributed by atoms with Crippen molar-refractivity contribution in [3.05, 3.63) is 87.5 Å². The molecule has 1 saturated heterocycles. The fourth-order valence-corrected chi connectivity index (χ4v) is 6.33. The molecule has 1 aliphatic carbocycles. The maximum Gasteiger partial charge on any atom is 0.256 e. The maximum atomic E-state index is 13.2. The van der Waals surface area contributed by atoms with Gasteiger partial charge in [-0.15, -0.1) is 11.3 Å². The molecule has 5 rings (SSSR count). The molecule has 0 saturated carbocycles. The number of carbonyl (C=O) groups is 1. The third-order valence-electron chi connectivity index (χ3n) is 6.82. The quantitative estimate of drug-likeness (QED) is 0.495. The second-order valence-electron chi connectivity index (χ2n) is 9.04. The average Bonchev–Trinajstić information content (AvgIpc) is 3.39. The van der Waals surface area contributed by atoms with Gasteiger partial charge in [0.1, 0.15) is 10.8 Å². The zero-order chi connectivity index (χ0) is 21.9. The van der Waals surface area contributed by atoms with Crippen molar-refractivity contribution in [2.45, 2.75) is 45.1 Å². The van der Waals surface area contributed by atoms with Gasteiger partial charge in [0.05, 0.1) is 0 Å². The standard InChI is InChI=1S/C27H29FN2OS/c28-22-11-9-21(10-12-22)26(31)29-27-24(23-7-4-8-25(23)32-27)18-30-15-13-20(14-16-30)17-19-5-2-1-3-6-19/h1-3,5-6,9-12,20H,4,7-8,13-18H2,(H,29,31). The lowest BCUT2D eigenvalue weighted by Gasteiger charge is -2.32. The molecule has 1 aliphatic heterocycles. The minimum Gasteiger partial charge on any atom is -0.313 e. The predicted molar refractivity (Wildman–Crippen MR) is 129 cm³/mol. The van der Waals surface area contributed by atoms with Gasteiger partial charge in [0.15, 0.2) is 0 Å². The third-order valence-corrected chi connectivity index (χ3v) is 8.07. The van der Waals surface area contributed by atoms with Crippen molar-refractivity contribution in [3.63, 3.8) is 0 Å². The second-order valence-corrected chi connectivity index (χ2v) is 10.1. The second kappa shape index (κ2) is 9.55. The van der Waals surface area contributed by atoms with E-state index in [1.807, 2.05) is 0 Å². The van der Waals surface area contributed by atoms with Crippen LogP contribution >= 0.6 is 11.3 Å². The lowest BCUT2D eigenvalue weighted by Crippen LogP contribution is -2.34. The number of piperidine rings is 1. The summed E-state index contributed by atoms with van der Waals surface area (Å²) in [5, 5.41) is 4.12. The summed E-state index contributed by atoms with van der Waals surface area (Å²) in [6.07, 6.45) is 7.04. The highest BCUT2D eigenvalue weighted by Crippen LogP contribution is 2.40. The molecule has 5 heteroatoms. The van der Waals surface area contributed by atoms with E-state index >= 15 is 0 Å². The van der Waals surface area contributed by atoms with Gasteiger partial charge in [-0.05, 0) is 92.9 Å². The Morgan fingerprint density at radius 2 is 1.78 bits per heavy atom. The van der Waals surface area contributed by atoms with Crippen LogP contribution in [-0.4, -0.2) is 23.9 Å². The van der Waals surface area contributed by atoms with E-state index in [9.17, 15) is 9.18 Å². The highest BCUT2D eigenvalue weighted by molar-refractivity contribution is 7.16. The Bertz CT molecular complexity index is 1070. The van der Waals surface area contributed by atoms with Gasteiger partial charge < -0.3 is 5.32 Å². The van der Waals surface area contributed by atoms with Crippen LogP contribution in [0.4, 0.5) is 9.39 Å². The number of fused-ring (bicyclic) bond motifs is 1. The molecule has 1 fully saturated rings.